The lowest BCUT2D eigenvalue weighted by Crippen LogP contribution is -2.23. The summed E-state index contributed by atoms with van der Waals surface area (Å²) < 4.78 is 2.20. The Hall–Kier alpha value is -2.03. The molecule has 0 bridgehead atoms. The number of hydrogen-bond donors (Lipinski definition) is 1. The van der Waals surface area contributed by atoms with Gasteiger partial charge in [-0.2, -0.15) is 0 Å². The van der Waals surface area contributed by atoms with Crippen LogP contribution in [0.3, 0.4) is 0 Å². The number of hydrogen-bond acceptors (Lipinski definition) is 1. The molecule has 0 radical (unpaired) electrons. The molecule has 3 heteroatoms. The SMILES string of the molecule is Cc1ccc(CNC(=O)c2cc(C)n(C(C)C)c2C)cc1. The molecule has 0 atom stereocenters. The molecule has 0 saturated carbocycles. The lowest BCUT2D eigenvalue weighted by molar-refractivity contribution is 0.0950. The summed E-state index contributed by atoms with van der Waals surface area (Å²) in [5, 5.41) is 3.00. The molecule has 0 spiro atoms. The summed E-state index contributed by atoms with van der Waals surface area (Å²) in [6.07, 6.45) is 0. The Kier molecular flexibility index (Phi) is 4.51. The van der Waals surface area contributed by atoms with Crippen LogP contribution in [0.2, 0.25) is 0 Å². The van der Waals surface area contributed by atoms with Crippen LogP contribution in [0.25, 0.3) is 0 Å². The summed E-state index contributed by atoms with van der Waals surface area (Å²) in [6.45, 7) is 10.9. The first-order valence-corrected chi connectivity index (χ1v) is 7.42. The number of nitrogens with zero attached hydrogens (tertiary/aromatic N) is 1. The highest BCUT2D eigenvalue weighted by Gasteiger charge is 2.16. The van der Waals surface area contributed by atoms with E-state index in [0.717, 1.165) is 22.5 Å². The van der Waals surface area contributed by atoms with Gasteiger partial charge in [0.05, 0.1) is 5.56 Å². The maximum Gasteiger partial charge on any atom is 0.253 e. The highest BCUT2D eigenvalue weighted by Crippen LogP contribution is 2.20. The number of aryl methyl sites for hydroxylation is 2. The molecule has 1 aromatic carbocycles. The zero-order valence-electron chi connectivity index (χ0n) is 13.5. The van der Waals surface area contributed by atoms with Crippen LogP contribution in [-0.4, -0.2) is 10.5 Å². The van der Waals surface area contributed by atoms with Crippen molar-refractivity contribution in [2.45, 2.75) is 47.2 Å². The molecule has 0 unspecified atom stereocenters. The van der Waals surface area contributed by atoms with Gasteiger partial charge in [-0.05, 0) is 46.2 Å². The molecule has 2 rings (SSSR count). The van der Waals surface area contributed by atoms with Crippen molar-refractivity contribution in [2.24, 2.45) is 0 Å². The van der Waals surface area contributed by atoms with E-state index >= 15 is 0 Å². The molecule has 21 heavy (non-hydrogen) atoms. The van der Waals surface area contributed by atoms with Gasteiger partial charge < -0.3 is 9.88 Å². The van der Waals surface area contributed by atoms with Crippen LogP contribution in [0, 0.1) is 20.8 Å². The fraction of sp³-hybridized carbons (Fsp3) is 0.389. The monoisotopic (exact) mass is 284 g/mol. The topological polar surface area (TPSA) is 34.0 Å². The number of benzene rings is 1. The van der Waals surface area contributed by atoms with Crippen LogP contribution < -0.4 is 5.32 Å². The number of carbonyl (C=O) groups excluding carboxylic acids is 1. The molecule has 0 saturated heterocycles. The van der Waals surface area contributed by atoms with E-state index in [1.165, 1.54) is 5.56 Å². The first-order valence-electron chi connectivity index (χ1n) is 7.42. The second-order valence-electron chi connectivity index (χ2n) is 5.92. The maximum absolute atomic E-state index is 12.4. The van der Waals surface area contributed by atoms with Crippen molar-refractivity contribution in [3.05, 3.63) is 58.4 Å². The van der Waals surface area contributed by atoms with Gasteiger partial charge in [0.1, 0.15) is 0 Å². The standard InChI is InChI=1S/C18H24N2O/c1-12(2)20-14(4)10-17(15(20)5)18(21)19-11-16-8-6-13(3)7-9-16/h6-10,12H,11H2,1-5H3,(H,19,21). The molecule has 112 valence electrons. The van der Waals surface area contributed by atoms with E-state index in [1.54, 1.807) is 0 Å². The van der Waals surface area contributed by atoms with Gasteiger partial charge in [-0.25, -0.2) is 0 Å². The normalized spacial score (nSPS) is 11.0. The van der Waals surface area contributed by atoms with E-state index in [-0.39, 0.29) is 5.91 Å². The van der Waals surface area contributed by atoms with E-state index in [0.29, 0.717) is 12.6 Å². The van der Waals surface area contributed by atoms with Crippen molar-refractivity contribution < 1.29 is 4.79 Å². The molecule has 0 fully saturated rings. The Bertz CT molecular complexity index is 636. The average Bonchev–Trinajstić information content (AvgIpc) is 2.73. The zero-order chi connectivity index (χ0) is 15.6. The number of aromatic nitrogens is 1. The molecule has 3 nitrogen and oxygen atoms in total. The van der Waals surface area contributed by atoms with Crippen molar-refractivity contribution in [3.8, 4) is 0 Å². The second kappa shape index (κ2) is 6.17. The van der Waals surface area contributed by atoms with Gasteiger partial charge in [-0.3, -0.25) is 4.79 Å². The first kappa shape index (κ1) is 15.4. The van der Waals surface area contributed by atoms with Crippen LogP contribution in [0.15, 0.2) is 30.3 Å². The minimum Gasteiger partial charge on any atom is -0.348 e. The Balaban J connectivity index is 2.10. The zero-order valence-corrected chi connectivity index (χ0v) is 13.5. The molecule has 1 amide bonds. The molecular formula is C18H24N2O. The summed E-state index contributed by atoms with van der Waals surface area (Å²) in [5.41, 5.74) is 5.28. The molecule has 0 aliphatic carbocycles. The average molecular weight is 284 g/mol. The quantitative estimate of drug-likeness (QED) is 0.907. The Morgan fingerprint density at radius 3 is 2.29 bits per heavy atom. The van der Waals surface area contributed by atoms with Gasteiger partial charge in [-0.15, -0.1) is 0 Å². The van der Waals surface area contributed by atoms with Crippen LogP contribution in [0.1, 0.15) is 52.8 Å². The number of amides is 1. The van der Waals surface area contributed by atoms with Crippen molar-refractivity contribution >= 4 is 5.91 Å². The highest BCUT2D eigenvalue weighted by atomic mass is 16.1. The van der Waals surface area contributed by atoms with E-state index < -0.39 is 0 Å². The molecule has 1 aromatic heterocycles. The summed E-state index contributed by atoms with van der Waals surface area (Å²) in [7, 11) is 0. The van der Waals surface area contributed by atoms with Gasteiger partial charge in [0, 0.05) is 24.0 Å². The Morgan fingerprint density at radius 1 is 1.14 bits per heavy atom. The van der Waals surface area contributed by atoms with E-state index in [2.05, 4.69) is 42.8 Å². The first-order chi connectivity index (χ1) is 9.90. The minimum absolute atomic E-state index is 0.00410. The summed E-state index contributed by atoms with van der Waals surface area (Å²) in [5.74, 6) is -0.00410. The minimum atomic E-state index is -0.00410. The molecular weight excluding hydrogens is 260 g/mol. The largest absolute Gasteiger partial charge is 0.348 e. The summed E-state index contributed by atoms with van der Waals surface area (Å²) in [4.78, 5) is 12.4. The molecule has 0 aliphatic heterocycles. The number of rotatable bonds is 4. The van der Waals surface area contributed by atoms with Crippen molar-refractivity contribution in [1.82, 2.24) is 9.88 Å². The van der Waals surface area contributed by atoms with Crippen molar-refractivity contribution in [3.63, 3.8) is 0 Å². The van der Waals surface area contributed by atoms with Gasteiger partial charge in [-0.1, -0.05) is 29.8 Å². The maximum atomic E-state index is 12.4. The predicted octanol–water partition coefficient (Wildman–Crippen LogP) is 3.92. The van der Waals surface area contributed by atoms with Gasteiger partial charge in [0.15, 0.2) is 0 Å². The van der Waals surface area contributed by atoms with E-state index in [1.807, 2.05) is 32.0 Å². The smallest absolute Gasteiger partial charge is 0.253 e. The third kappa shape index (κ3) is 3.35. The van der Waals surface area contributed by atoms with Gasteiger partial charge in [0.2, 0.25) is 0 Å². The fourth-order valence-corrected chi connectivity index (χ4v) is 2.79. The lowest BCUT2D eigenvalue weighted by Gasteiger charge is -2.13. The predicted molar refractivity (Wildman–Crippen MR) is 86.6 cm³/mol. The molecule has 2 aromatic rings. The van der Waals surface area contributed by atoms with E-state index in [4.69, 9.17) is 0 Å². The molecule has 1 heterocycles. The Morgan fingerprint density at radius 2 is 1.76 bits per heavy atom. The van der Waals surface area contributed by atoms with Crippen LogP contribution in [0.5, 0.6) is 0 Å². The number of nitrogens with one attached hydrogen (secondary N) is 1. The lowest BCUT2D eigenvalue weighted by atomic mass is 10.1. The number of carbonyl (C=O) groups is 1. The van der Waals surface area contributed by atoms with Crippen LogP contribution in [0.4, 0.5) is 0 Å². The van der Waals surface area contributed by atoms with Gasteiger partial charge >= 0.3 is 0 Å². The Labute approximate surface area is 127 Å². The molecule has 1 N–H and O–H groups in total. The highest BCUT2D eigenvalue weighted by molar-refractivity contribution is 5.95. The van der Waals surface area contributed by atoms with Crippen molar-refractivity contribution in [2.75, 3.05) is 0 Å². The third-order valence-corrected chi connectivity index (χ3v) is 3.82. The van der Waals surface area contributed by atoms with Gasteiger partial charge in [0.25, 0.3) is 5.91 Å². The molecule has 0 aliphatic rings. The summed E-state index contributed by atoms with van der Waals surface area (Å²) in [6, 6.07) is 10.6. The van der Waals surface area contributed by atoms with E-state index in [9.17, 15) is 4.79 Å². The summed E-state index contributed by atoms with van der Waals surface area (Å²) >= 11 is 0. The van der Waals surface area contributed by atoms with Crippen LogP contribution >= 0.6 is 0 Å². The van der Waals surface area contributed by atoms with Crippen LogP contribution in [-0.2, 0) is 6.54 Å². The fourth-order valence-electron chi connectivity index (χ4n) is 2.79. The van der Waals surface area contributed by atoms with Crippen molar-refractivity contribution in [1.29, 1.82) is 0 Å². The second-order valence-corrected chi connectivity index (χ2v) is 5.92. The third-order valence-electron chi connectivity index (χ3n) is 3.82.